The second-order valence-electron chi connectivity index (χ2n) is 25.1. The fraction of sp³-hybridized carbons (Fsp3) is 0.186. The molecule has 17 rings (SSSR count). The zero-order valence-electron chi connectivity index (χ0n) is 60.6. The number of rotatable bonds is 23. The number of hydrogen-bond donors (Lipinski definition) is 11. The number of primary sulfonamides is 1. The Bertz CT molecular complexity index is 6210. The van der Waals surface area contributed by atoms with Gasteiger partial charge in [-0.2, -0.15) is 43.0 Å². The van der Waals surface area contributed by atoms with Crippen molar-refractivity contribution in [2.45, 2.75) is 34.5 Å². The van der Waals surface area contributed by atoms with Crippen LogP contribution in [0.25, 0.3) is 51.2 Å². The van der Waals surface area contributed by atoms with Crippen molar-refractivity contribution in [3.63, 3.8) is 0 Å². The largest absolute Gasteiger partial charge is 0.481 e. The van der Waals surface area contributed by atoms with Gasteiger partial charge < -0.3 is 58.8 Å². The van der Waals surface area contributed by atoms with Crippen LogP contribution < -0.4 is 54.1 Å². The number of carboxylic acid groups (broad SMARTS) is 1. The lowest BCUT2D eigenvalue weighted by atomic mass is 10.1. The van der Waals surface area contributed by atoms with Crippen molar-refractivity contribution < 1.29 is 44.6 Å². The van der Waals surface area contributed by atoms with Gasteiger partial charge in [0, 0.05) is 66.5 Å². The van der Waals surface area contributed by atoms with Gasteiger partial charge in [0.05, 0.1) is 78.2 Å². The lowest BCUT2D eigenvalue weighted by Gasteiger charge is -2.26. The van der Waals surface area contributed by atoms with Gasteiger partial charge in [-0.15, -0.1) is 31.7 Å². The summed E-state index contributed by atoms with van der Waals surface area (Å²) in [5, 5.41) is 45.7. The second kappa shape index (κ2) is 35.1. The number of ether oxygens (including phenoxy) is 2. The SMILES string of the molecule is Cc1cnc(-n2nc(Nc3cccc(S(N)(=O)=O)c3)nc2N)s1.Nc1nc(Nc2ccc(CC(=O)O)cc2)nn1-c1nc2ccccc2s1.Nc1nc(Nc2cccc(S(=O)(=O)N3CCOCC3)c2)nn1-c1nc2ccccc2s1.Nc1nc(Nc2cccc(S(=O)(=O)NCCCN3CCOCC3)c2)n(-c2nc3ccccc3s2)n1. The van der Waals surface area contributed by atoms with Crippen LogP contribution in [-0.2, 0) is 50.8 Å². The molecule has 0 saturated carbocycles. The van der Waals surface area contributed by atoms with Crippen LogP contribution in [0.5, 0.6) is 0 Å². The van der Waals surface area contributed by atoms with E-state index in [2.05, 4.69) is 91.2 Å². The molecule has 0 atom stereocenters. The van der Waals surface area contributed by atoms with Crippen LogP contribution in [0.4, 0.5) is 70.3 Å². The highest BCUT2D eigenvalue weighted by Crippen LogP contribution is 2.32. The van der Waals surface area contributed by atoms with Crippen LogP contribution in [0.3, 0.4) is 0 Å². The number of aryl methyl sites for hydroxylation is 1. The first-order chi connectivity index (χ1) is 55.4. The van der Waals surface area contributed by atoms with Gasteiger partial charge in [-0.3, -0.25) is 9.69 Å². The molecule has 2 fully saturated rings. The van der Waals surface area contributed by atoms with Gasteiger partial charge in [-0.1, -0.05) is 101 Å². The van der Waals surface area contributed by atoms with Crippen LogP contribution >= 0.6 is 45.3 Å². The number of aromatic nitrogens is 16. The molecule has 0 bridgehead atoms. The monoisotopic (exact) mass is 1690 g/mol. The smallest absolute Gasteiger partial charge is 0.307 e. The van der Waals surface area contributed by atoms with E-state index in [0.29, 0.717) is 82.3 Å². The highest BCUT2D eigenvalue weighted by Gasteiger charge is 2.28. The fourth-order valence-electron chi connectivity index (χ4n) is 11.4. The topological polar surface area (TPSA) is 529 Å². The molecule has 594 valence electrons. The van der Waals surface area contributed by atoms with E-state index in [1.807, 2.05) is 79.7 Å². The van der Waals surface area contributed by atoms with E-state index in [1.54, 1.807) is 91.1 Å². The number of nitrogen functional groups attached to an aromatic ring is 4. The highest BCUT2D eigenvalue weighted by molar-refractivity contribution is 7.89. The Morgan fingerprint density at radius 1 is 0.487 bits per heavy atom. The summed E-state index contributed by atoms with van der Waals surface area (Å²) in [6.07, 6.45) is 2.42. The minimum absolute atomic E-state index is 0.00884. The molecule has 0 spiro atoms. The van der Waals surface area contributed by atoms with Crippen LogP contribution in [-0.4, -0.2) is 190 Å². The molecule has 8 aromatic heterocycles. The van der Waals surface area contributed by atoms with Crippen molar-refractivity contribution in [3.8, 4) is 20.5 Å². The number of benzene rings is 7. The van der Waals surface area contributed by atoms with Crippen molar-refractivity contribution in [2.24, 2.45) is 5.14 Å². The van der Waals surface area contributed by atoms with E-state index >= 15 is 0 Å². The number of hydrogen-bond acceptors (Lipinski definition) is 34. The maximum absolute atomic E-state index is 12.9. The maximum atomic E-state index is 12.9. The first kappa shape index (κ1) is 79.5. The first-order valence-corrected chi connectivity index (χ1v) is 42.6. The molecule has 38 nitrogen and oxygen atoms in total. The molecule has 115 heavy (non-hydrogen) atoms. The summed E-state index contributed by atoms with van der Waals surface area (Å²) in [7, 11) is -11.0. The molecule has 10 heterocycles. The molecule has 15 aromatic rings. The number of sulfonamides is 3. The summed E-state index contributed by atoms with van der Waals surface area (Å²) < 4.78 is 97.9. The Hall–Kier alpha value is -12.1. The molecule has 7 aromatic carbocycles. The molecule has 45 heteroatoms. The maximum Gasteiger partial charge on any atom is 0.307 e. The molecule has 2 saturated heterocycles. The number of carbonyl (C=O) groups is 1. The molecule has 16 N–H and O–H groups in total. The van der Waals surface area contributed by atoms with Crippen LogP contribution in [0.2, 0.25) is 0 Å². The third-order valence-electron chi connectivity index (χ3n) is 16.8. The van der Waals surface area contributed by atoms with Crippen molar-refractivity contribution in [1.82, 2.24) is 92.9 Å². The third-order valence-corrected chi connectivity index (χ3v) is 25.0. The summed E-state index contributed by atoms with van der Waals surface area (Å²) in [5.74, 6) is 0.950. The average molecular weight is 1690 g/mol. The van der Waals surface area contributed by atoms with E-state index in [-0.39, 0.29) is 56.8 Å². The summed E-state index contributed by atoms with van der Waals surface area (Å²) >= 11 is 5.81. The van der Waals surface area contributed by atoms with Gasteiger partial charge in [0.1, 0.15) is 0 Å². The van der Waals surface area contributed by atoms with Crippen molar-refractivity contribution in [2.75, 3.05) is 110 Å². The number of para-hydroxylation sites is 3. The van der Waals surface area contributed by atoms with Gasteiger partial charge in [-0.25, -0.2) is 55.1 Å². The van der Waals surface area contributed by atoms with E-state index in [0.717, 1.165) is 86.0 Å². The second-order valence-corrected chi connectivity index (χ2v) is 34.6. The number of nitrogens with zero attached hydrogens (tertiary/aromatic N) is 18. The van der Waals surface area contributed by atoms with Gasteiger partial charge in [-0.05, 0) is 129 Å². The number of thiazole rings is 4. The fourth-order valence-corrected chi connectivity index (χ4v) is 18.0. The van der Waals surface area contributed by atoms with E-state index < -0.39 is 36.0 Å². The third kappa shape index (κ3) is 19.9. The van der Waals surface area contributed by atoms with Crippen LogP contribution in [0, 0.1) is 6.92 Å². The van der Waals surface area contributed by atoms with E-state index in [1.165, 1.54) is 80.5 Å². The number of fused-ring (bicyclic) bond motifs is 3. The predicted octanol–water partition coefficient (Wildman–Crippen LogP) is 8.26. The predicted molar refractivity (Wildman–Crippen MR) is 441 cm³/mol. The molecular formula is C70H72N28O10S7. The first-order valence-electron chi connectivity index (χ1n) is 34.9. The Morgan fingerprint density at radius 2 is 0.939 bits per heavy atom. The summed E-state index contributed by atoms with van der Waals surface area (Å²) in [6.45, 7) is 7.79. The molecule has 0 unspecified atom stereocenters. The van der Waals surface area contributed by atoms with Crippen molar-refractivity contribution in [3.05, 3.63) is 186 Å². The zero-order valence-corrected chi connectivity index (χ0v) is 66.4. The van der Waals surface area contributed by atoms with Gasteiger partial charge in [0.2, 0.25) is 98.2 Å². The number of aliphatic carboxylic acids is 1. The Morgan fingerprint density at radius 3 is 1.43 bits per heavy atom. The van der Waals surface area contributed by atoms with Crippen LogP contribution in [0.1, 0.15) is 16.9 Å². The lowest BCUT2D eigenvalue weighted by Crippen LogP contribution is -2.40. The molecule has 2 aliphatic heterocycles. The number of nitrogens with two attached hydrogens (primary N) is 5. The standard InChI is InChI=1S/C22H26N8O3S2.C19H19N7O3S2.C17H14N6O2S.C12H13N7O2S2/c23-20-27-21(30(28-20)22-26-18-7-1-2-8-19(18)34-22)25-16-5-3-6-17(15-16)35(31,32)24-9-4-10-29-11-13-33-14-12-29;20-17-23-18(24-26(17)19-22-15-6-1-2-7-16(15)30-19)21-13-4-3-5-14(12-13)31(27,28)25-8-10-29-11-9-25;18-15-21-16(19-11-7-5-10(6-8-11)9-14(24)25)22-23(15)17-20-12-3-1-2-4-13(12)26-17;1-7-6-15-12(22-7)19-10(13)17-11(18-19)16-8-3-2-4-9(5-8)23(14,20)21/h1-3,5-8,15,24H,4,9-14H2,(H3,23,25,27,28);1-7,12H,8-11H2,(H3,20,21,23,24);1-8H,9H2,(H,24,25)(H3,18,19,21,22);2-6H,1H3,(H2,14,20,21)(H3,13,16,17,18). The number of anilines is 12. The highest BCUT2D eigenvalue weighted by atomic mass is 32.2. The summed E-state index contributed by atoms with van der Waals surface area (Å²) in [6, 6.07) is 49.4. The Labute approximate surface area is 671 Å². The average Bonchev–Trinajstić information content (AvgIpc) is 1.72. The molecule has 0 radical (unpaired) electrons. The van der Waals surface area contributed by atoms with E-state index in [9.17, 15) is 30.0 Å². The number of nitrogens with one attached hydrogen (secondary N) is 5. The van der Waals surface area contributed by atoms with Gasteiger partial charge in [0.25, 0.3) is 0 Å². The minimum Gasteiger partial charge on any atom is -0.481 e. The van der Waals surface area contributed by atoms with Gasteiger partial charge >= 0.3 is 5.97 Å². The van der Waals surface area contributed by atoms with Crippen LogP contribution in [0.15, 0.2) is 191 Å². The minimum atomic E-state index is -3.78. The lowest BCUT2D eigenvalue weighted by molar-refractivity contribution is -0.136. The number of carboxylic acids is 1. The quantitative estimate of drug-likeness (QED) is 0.0268. The molecular weight excluding hydrogens is 1620 g/mol. The molecule has 0 amide bonds. The Balaban J connectivity index is 0.000000128. The zero-order chi connectivity index (χ0) is 80.4. The normalized spacial score (nSPS) is 13.5. The van der Waals surface area contributed by atoms with Crippen molar-refractivity contribution >= 4 is 182 Å². The Kier molecular flexibility index (Phi) is 24.3. The van der Waals surface area contributed by atoms with Gasteiger partial charge in [0.15, 0.2) is 0 Å². The number of morpholine rings is 2. The summed E-state index contributed by atoms with van der Waals surface area (Å²) in [5.41, 5.74) is 29.3. The molecule has 2 aliphatic rings. The summed E-state index contributed by atoms with van der Waals surface area (Å²) in [4.78, 5) is 49.0. The molecule has 0 aliphatic carbocycles. The van der Waals surface area contributed by atoms with Crippen molar-refractivity contribution in [1.29, 1.82) is 0 Å². The van der Waals surface area contributed by atoms with E-state index in [4.69, 9.17) is 42.7 Å².